The zero-order chi connectivity index (χ0) is 33.9. The lowest BCUT2D eigenvalue weighted by Crippen LogP contribution is -2.30. The van der Waals surface area contributed by atoms with E-state index in [9.17, 15) is 0 Å². The molecule has 0 aromatic heterocycles. The third-order valence-corrected chi connectivity index (χ3v) is 9.64. The first kappa shape index (κ1) is 30.9. The summed E-state index contributed by atoms with van der Waals surface area (Å²) in [7, 11) is 0. The highest BCUT2D eigenvalue weighted by Crippen LogP contribution is 2.41. The maximum atomic E-state index is 4.05. The smallest absolute Gasteiger partial charge is 0.0565 e. The number of rotatable bonds is 9. The summed E-state index contributed by atoms with van der Waals surface area (Å²) in [5.41, 5.74) is 10.3. The molecule has 2 nitrogen and oxygen atoms in total. The van der Waals surface area contributed by atoms with Crippen LogP contribution in [0.5, 0.6) is 0 Å². The highest BCUT2D eigenvalue weighted by Gasteiger charge is 2.22. The molecule has 0 amide bonds. The van der Waals surface area contributed by atoms with Crippen LogP contribution in [-0.2, 0) is 0 Å². The molecule has 0 bridgehead atoms. The van der Waals surface area contributed by atoms with Crippen molar-refractivity contribution >= 4 is 56.1 Å². The predicted octanol–water partition coefficient (Wildman–Crippen LogP) is 13.4. The Hall–Kier alpha value is -6.38. The van der Waals surface area contributed by atoms with Gasteiger partial charge in [0.15, 0.2) is 0 Å². The molecule has 240 valence electrons. The van der Waals surface area contributed by atoms with Crippen molar-refractivity contribution in [2.45, 2.75) is 12.5 Å². The van der Waals surface area contributed by atoms with Crippen molar-refractivity contribution in [3.63, 3.8) is 0 Å². The summed E-state index contributed by atoms with van der Waals surface area (Å²) in [6.07, 6.45) is 11.5. The highest BCUT2D eigenvalue weighted by atomic mass is 15.2. The van der Waals surface area contributed by atoms with E-state index in [0.717, 1.165) is 40.3 Å². The predicted molar refractivity (Wildman–Crippen MR) is 216 cm³/mol. The van der Waals surface area contributed by atoms with Gasteiger partial charge >= 0.3 is 0 Å². The fraction of sp³-hybridized carbons (Fsp3) is 0.0417. The molecule has 7 aromatic rings. The van der Waals surface area contributed by atoms with E-state index in [1.165, 1.54) is 38.4 Å². The lowest BCUT2D eigenvalue weighted by molar-refractivity contribution is 0.783. The highest BCUT2D eigenvalue weighted by molar-refractivity contribution is 5.99. The monoisotopic (exact) mass is 642 g/mol. The Morgan fingerprint density at radius 1 is 0.520 bits per heavy atom. The summed E-state index contributed by atoms with van der Waals surface area (Å²) in [6, 6.07) is 56.9. The number of benzene rings is 7. The molecule has 2 heteroatoms. The van der Waals surface area contributed by atoms with Crippen LogP contribution < -0.4 is 9.80 Å². The van der Waals surface area contributed by atoms with Crippen molar-refractivity contribution in [1.29, 1.82) is 0 Å². The number of nitrogens with zero attached hydrogens (tertiary/aromatic N) is 2. The molecule has 0 heterocycles. The van der Waals surface area contributed by atoms with Crippen LogP contribution in [0.25, 0.3) is 38.7 Å². The molecule has 0 spiro atoms. The van der Waals surface area contributed by atoms with Gasteiger partial charge in [0.2, 0.25) is 0 Å². The molecule has 1 atom stereocenters. The van der Waals surface area contributed by atoms with Gasteiger partial charge in [-0.25, -0.2) is 0 Å². The van der Waals surface area contributed by atoms with Gasteiger partial charge in [0.1, 0.15) is 0 Å². The zero-order valence-corrected chi connectivity index (χ0v) is 28.0. The van der Waals surface area contributed by atoms with Crippen LogP contribution in [0.1, 0.15) is 12.0 Å². The van der Waals surface area contributed by atoms with Gasteiger partial charge in [0.25, 0.3) is 0 Å². The lowest BCUT2D eigenvalue weighted by atomic mass is 9.97. The largest absolute Gasteiger partial charge is 0.334 e. The molecule has 7 aromatic carbocycles. The number of anilines is 5. The third kappa shape index (κ3) is 5.93. The topological polar surface area (TPSA) is 6.48 Å². The summed E-state index contributed by atoms with van der Waals surface area (Å²) in [4.78, 5) is 4.82. The minimum atomic E-state index is 0.170. The molecule has 0 aliphatic heterocycles. The van der Waals surface area contributed by atoms with E-state index < -0.39 is 0 Å². The van der Waals surface area contributed by atoms with Crippen molar-refractivity contribution in [2.24, 2.45) is 0 Å². The summed E-state index contributed by atoms with van der Waals surface area (Å²) < 4.78 is 0. The second kappa shape index (κ2) is 13.6. The summed E-state index contributed by atoms with van der Waals surface area (Å²) in [6.45, 7) is 8.07. The molecule has 0 saturated heterocycles. The van der Waals surface area contributed by atoms with Gasteiger partial charge in [-0.1, -0.05) is 153 Å². The Bertz CT molecular complexity index is 2380. The van der Waals surface area contributed by atoms with Crippen LogP contribution in [0.4, 0.5) is 28.4 Å². The van der Waals surface area contributed by atoms with Crippen LogP contribution >= 0.6 is 0 Å². The minimum Gasteiger partial charge on any atom is -0.334 e. The average molecular weight is 643 g/mol. The van der Waals surface area contributed by atoms with Crippen molar-refractivity contribution in [1.82, 2.24) is 0 Å². The first-order chi connectivity index (χ1) is 24.7. The summed E-state index contributed by atoms with van der Waals surface area (Å²) >= 11 is 0. The third-order valence-electron chi connectivity index (χ3n) is 9.64. The molecule has 0 N–H and O–H groups in total. The molecular formula is C48H38N2. The van der Waals surface area contributed by atoms with Crippen molar-refractivity contribution < 1.29 is 0 Å². The fourth-order valence-electron chi connectivity index (χ4n) is 7.17. The van der Waals surface area contributed by atoms with E-state index in [2.05, 4.69) is 199 Å². The van der Waals surface area contributed by atoms with E-state index in [-0.39, 0.29) is 6.04 Å². The Morgan fingerprint density at radius 2 is 1.10 bits per heavy atom. The van der Waals surface area contributed by atoms with Crippen LogP contribution in [0.3, 0.4) is 0 Å². The van der Waals surface area contributed by atoms with E-state index in [0.29, 0.717) is 0 Å². The van der Waals surface area contributed by atoms with Crippen molar-refractivity contribution in [3.05, 3.63) is 206 Å². The molecule has 8 rings (SSSR count). The average Bonchev–Trinajstić information content (AvgIpc) is 3.19. The van der Waals surface area contributed by atoms with Gasteiger partial charge in [0.05, 0.1) is 11.7 Å². The summed E-state index contributed by atoms with van der Waals surface area (Å²) in [5.74, 6) is 0. The number of fused-ring (bicyclic) bond motifs is 2. The molecule has 50 heavy (non-hydrogen) atoms. The maximum Gasteiger partial charge on any atom is 0.0565 e. The van der Waals surface area contributed by atoms with Crippen molar-refractivity contribution in [3.8, 4) is 11.1 Å². The van der Waals surface area contributed by atoms with Gasteiger partial charge < -0.3 is 9.80 Å². The van der Waals surface area contributed by atoms with Gasteiger partial charge in [-0.2, -0.15) is 0 Å². The molecule has 1 unspecified atom stereocenters. The molecule has 0 fully saturated rings. The number of hydrogen-bond donors (Lipinski definition) is 0. The Balaban J connectivity index is 1.16. The molecule has 0 saturated carbocycles. The SMILES string of the molecule is C=CC1=CC(N(c2ccc(-c3ccc(N(c4cccc(C=C)c4)c4cccc5ccccc45)cc3)cc2)c2cccc3ccccc23)CC=C1. The van der Waals surface area contributed by atoms with E-state index in [1.807, 2.05) is 12.2 Å². The van der Waals surface area contributed by atoms with Gasteiger partial charge in [-0.15, -0.1) is 0 Å². The quantitative estimate of drug-likeness (QED) is 0.155. The Kier molecular flexibility index (Phi) is 8.42. The van der Waals surface area contributed by atoms with E-state index >= 15 is 0 Å². The first-order valence-electron chi connectivity index (χ1n) is 17.2. The molecular weight excluding hydrogens is 605 g/mol. The summed E-state index contributed by atoms with van der Waals surface area (Å²) in [5, 5.41) is 4.90. The van der Waals surface area contributed by atoms with Crippen LogP contribution in [0.15, 0.2) is 201 Å². The number of hydrogen-bond acceptors (Lipinski definition) is 2. The minimum absolute atomic E-state index is 0.170. The Labute approximate surface area is 294 Å². The fourth-order valence-corrected chi connectivity index (χ4v) is 7.17. The molecule has 0 radical (unpaired) electrons. The standard InChI is InChI=1S/C48H38N2/c1-3-35-13-9-19-43(33-35)49(47-23-11-17-39-15-5-7-21-45(39)47)41-29-25-37(26-30-41)38-27-31-42(32-28-38)50(44-20-10-14-36(4-2)34-44)48-24-12-18-40-16-6-8-22-46(40)48/h3-19,21-34,44H,1-2,20H2. The van der Waals surface area contributed by atoms with Crippen molar-refractivity contribution in [2.75, 3.05) is 9.80 Å². The second-order valence-corrected chi connectivity index (χ2v) is 12.7. The normalized spacial score (nSPS) is 13.9. The van der Waals surface area contributed by atoms with Gasteiger partial charge in [0, 0.05) is 33.5 Å². The number of allylic oxidation sites excluding steroid dienone is 3. The van der Waals surface area contributed by atoms with E-state index in [1.54, 1.807) is 0 Å². The Morgan fingerprint density at radius 3 is 1.76 bits per heavy atom. The van der Waals surface area contributed by atoms with Gasteiger partial charge in [-0.3, -0.25) is 0 Å². The van der Waals surface area contributed by atoms with E-state index in [4.69, 9.17) is 0 Å². The molecule has 1 aliphatic carbocycles. The van der Waals surface area contributed by atoms with Crippen LogP contribution in [-0.4, -0.2) is 6.04 Å². The lowest BCUT2D eigenvalue weighted by Gasteiger charge is -2.34. The first-order valence-corrected chi connectivity index (χ1v) is 17.2. The van der Waals surface area contributed by atoms with Crippen LogP contribution in [0, 0.1) is 0 Å². The second-order valence-electron chi connectivity index (χ2n) is 12.7. The maximum absolute atomic E-state index is 4.05. The van der Waals surface area contributed by atoms with Crippen LogP contribution in [0.2, 0.25) is 0 Å². The zero-order valence-electron chi connectivity index (χ0n) is 28.0. The van der Waals surface area contributed by atoms with Gasteiger partial charge in [-0.05, 0) is 88.0 Å². The molecule has 1 aliphatic rings.